The first kappa shape index (κ1) is 21.4. The fourth-order valence-corrected chi connectivity index (χ4v) is 7.60. The SMILES string of the molecule is Cc1nc2ccc3nc(NC(=O)c4ccc(S(=O)(=O)N5CCCC(C)C5)cc4)sc3c2s1. The van der Waals surface area contributed by atoms with Crippen molar-refractivity contribution in [2.45, 2.75) is 31.6 Å². The average molecular weight is 487 g/mol. The number of nitrogens with one attached hydrogen (secondary N) is 1. The minimum Gasteiger partial charge on any atom is -0.298 e. The number of thiazole rings is 2. The van der Waals surface area contributed by atoms with E-state index in [9.17, 15) is 13.2 Å². The van der Waals surface area contributed by atoms with E-state index in [1.807, 2.05) is 19.1 Å². The summed E-state index contributed by atoms with van der Waals surface area (Å²) in [7, 11) is -3.55. The number of anilines is 1. The van der Waals surface area contributed by atoms with Gasteiger partial charge in [-0.25, -0.2) is 18.4 Å². The highest BCUT2D eigenvalue weighted by Crippen LogP contribution is 2.36. The monoisotopic (exact) mass is 486 g/mol. The van der Waals surface area contributed by atoms with Crippen molar-refractivity contribution < 1.29 is 13.2 Å². The highest BCUT2D eigenvalue weighted by molar-refractivity contribution is 7.89. The van der Waals surface area contributed by atoms with E-state index in [-0.39, 0.29) is 10.8 Å². The number of nitrogens with zero attached hydrogens (tertiary/aromatic N) is 3. The minimum absolute atomic E-state index is 0.214. The van der Waals surface area contributed by atoms with E-state index in [0.29, 0.717) is 29.7 Å². The zero-order chi connectivity index (χ0) is 22.5. The van der Waals surface area contributed by atoms with Crippen molar-refractivity contribution in [1.82, 2.24) is 14.3 Å². The average Bonchev–Trinajstić information content (AvgIpc) is 3.35. The first-order valence-electron chi connectivity index (χ1n) is 10.4. The molecule has 1 saturated heterocycles. The Morgan fingerprint density at radius 1 is 1.06 bits per heavy atom. The van der Waals surface area contributed by atoms with Gasteiger partial charge in [-0.1, -0.05) is 18.3 Å². The lowest BCUT2D eigenvalue weighted by Gasteiger charge is -2.30. The second-order valence-corrected chi connectivity index (χ2v) is 12.2. The maximum Gasteiger partial charge on any atom is 0.257 e. The van der Waals surface area contributed by atoms with Gasteiger partial charge in [0.2, 0.25) is 10.0 Å². The molecule has 4 aromatic rings. The van der Waals surface area contributed by atoms with Crippen LogP contribution < -0.4 is 5.32 Å². The summed E-state index contributed by atoms with van der Waals surface area (Å²) in [6.45, 7) is 5.11. The molecule has 32 heavy (non-hydrogen) atoms. The molecule has 0 bridgehead atoms. The molecule has 1 fully saturated rings. The van der Waals surface area contributed by atoms with E-state index in [1.54, 1.807) is 27.8 Å². The van der Waals surface area contributed by atoms with Crippen LogP contribution in [0.25, 0.3) is 20.4 Å². The Labute approximate surface area is 194 Å². The van der Waals surface area contributed by atoms with E-state index in [4.69, 9.17) is 0 Å². The van der Waals surface area contributed by atoms with Crippen molar-refractivity contribution >= 4 is 64.2 Å². The third kappa shape index (κ3) is 3.92. The van der Waals surface area contributed by atoms with Gasteiger partial charge < -0.3 is 0 Å². The minimum atomic E-state index is -3.55. The summed E-state index contributed by atoms with van der Waals surface area (Å²) in [5.41, 5.74) is 2.13. The predicted octanol–water partition coefficient (Wildman–Crippen LogP) is 4.89. The largest absolute Gasteiger partial charge is 0.298 e. The maximum atomic E-state index is 12.9. The molecule has 5 rings (SSSR count). The molecular weight excluding hydrogens is 464 g/mol. The Hall–Kier alpha value is -2.40. The fraction of sp³-hybridized carbons (Fsp3) is 0.318. The van der Waals surface area contributed by atoms with Crippen LogP contribution in [0.2, 0.25) is 0 Å². The summed E-state index contributed by atoms with van der Waals surface area (Å²) >= 11 is 3.03. The molecule has 2 aromatic carbocycles. The Morgan fingerprint density at radius 3 is 2.47 bits per heavy atom. The molecule has 2 aromatic heterocycles. The number of rotatable bonds is 4. The molecule has 166 valence electrons. The Morgan fingerprint density at radius 2 is 1.75 bits per heavy atom. The highest BCUT2D eigenvalue weighted by Gasteiger charge is 2.28. The molecule has 0 spiro atoms. The van der Waals surface area contributed by atoms with E-state index in [2.05, 4.69) is 22.2 Å². The number of fused-ring (bicyclic) bond motifs is 3. The number of amides is 1. The number of benzene rings is 2. The molecule has 7 nitrogen and oxygen atoms in total. The summed E-state index contributed by atoms with van der Waals surface area (Å²) in [5, 5.41) is 4.33. The third-order valence-corrected chi connectivity index (χ3v) is 9.63. The van der Waals surface area contributed by atoms with Gasteiger partial charge in [0, 0.05) is 18.7 Å². The Bertz CT molecular complexity index is 1420. The van der Waals surface area contributed by atoms with Gasteiger partial charge in [0.25, 0.3) is 5.91 Å². The molecule has 0 aliphatic carbocycles. The van der Waals surface area contributed by atoms with Gasteiger partial charge >= 0.3 is 0 Å². The van der Waals surface area contributed by atoms with Gasteiger partial charge in [0.05, 0.1) is 30.3 Å². The van der Waals surface area contributed by atoms with Crippen LogP contribution in [0.1, 0.15) is 35.1 Å². The van der Waals surface area contributed by atoms with Crippen LogP contribution in [0.5, 0.6) is 0 Å². The topological polar surface area (TPSA) is 92.3 Å². The van der Waals surface area contributed by atoms with Crippen LogP contribution in [-0.4, -0.2) is 41.7 Å². The number of piperidine rings is 1. The van der Waals surface area contributed by atoms with E-state index < -0.39 is 10.0 Å². The number of sulfonamides is 1. The van der Waals surface area contributed by atoms with Crippen LogP contribution in [0.15, 0.2) is 41.3 Å². The molecule has 1 N–H and O–H groups in total. The summed E-state index contributed by atoms with van der Waals surface area (Å²) < 4.78 is 29.5. The second-order valence-electron chi connectivity index (χ2n) is 8.10. The number of carbonyl (C=O) groups excluding carboxylic acids is 1. The lowest BCUT2D eigenvalue weighted by molar-refractivity contribution is 0.102. The van der Waals surface area contributed by atoms with Crippen molar-refractivity contribution in [2.75, 3.05) is 18.4 Å². The Balaban J connectivity index is 1.35. The van der Waals surface area contributed by atoms with E-state index in [1.165, 1.54) is 23.5 Å². The van der Waals surface area contributed by atoms with E-state index in [0.717, 1.165) is 38.3 Å². The predicted molar refractivity (Wildman–Crippen MR) is 129 cm³/mol. The van der Waals surface area contributed by atoms with Crippen LogP contribution in [0, 0.1) is 12.8 Å². The van der Waals surface area contributed by atoms with Crippen molar-refractivity contribution in [2.24, 2.45) is 5.92 Å². The molecule has 10 heteroatoms. The Kier molecular flexibility index (Phi) is 5.48. The van der Waals surface area contributed by atoms with Gasteiger partial charge in [-0.05, 0) is 62.1 Å². The number of aryl methyl sites for hydroxylation is 1. The summed E-state index contributed by atoms with van der Waals surface area (Å²) in [5.74, 6) is 0.0313. The van der Waals surface area contributed by atoms with Crippen molar-refractivity contribution in [1.29, 1.82) is 0 Å². The summed E-state index contributed by atoms with van der Waals surface area (Å²) in [6.07, 6.45) is 1.92. The third-order valence-electron chi connectivity index (χ3n) is 5.61. The molecule has 1 aliphatic heterocycles. The lowest BCUT2D eigenvalue weighted by atomic mass is 10.0. The van der Waals surface area contributed by atoms with Gasteiger partial charge in [-0.3, -0.25) is 10.1 Å². The van der Waals surface area contributed by atoms with Crippen LogP contribution >= 0.6 is 22.7 Å². The smallest absolute Gasteiger partial charge is 0.257 e. The summed E-state index contributed by atoms with van der Waals surface area (Å²) in [4.78, 5) is 22.0. The first-order valence-corrected chi connectivity index (χ1v) is 13.5. The zero-order valence-electron chi connectivity index (χ0n) is 17.7. The lowest BCUT2D eigenvalue weighted by Crippen LogP contribution is -2.39. The van der Waals surface area contributed by atoms with Gasteiger partial charge in [-0.2, -0.15) is 4.31 Å². The molecule has 0 saturated carbocycles. The fourth-order valence-electron chi connectivity index (χ4n) is 4.00. The highest BCUT2D eigenvalue weighted by atomic mass is 32.2. The van der Waals surface area contributed by atoms with Crippen molar-refractivity contribution in [3.63, 3.8) is 0 Å². The van der Waals surface area contributed by atoms with Gasteiger partial charge in [0.1, 0.15) is 0 Å². The maximum absolute atomic E-state index is 12.9. The van der Waals surface area contributed by atoms with Crippen molar-refractivity contribution in [3.05, 3.63) is 47.0 Å². The molecule has 1 aliphatic rings. The molecule has 3 heterocycles. The molecule has 0 radical (unpaired) electrons. The van der Waals surface area contributed by atoms with Gasteiger partial charge in [-0.15, -0.1) is 11.3 Å². The molecule has 1 amide bonds. The number of hydrogen-bond acceptors (Lipinski definition) is 7. The van der Waals surface area contributed by atoms with Crippen LogP contribution in [0.3, 0.4) is 0 Å². The molecular formula is C22H22N4O3S3. The quantitative estimate of drug-likeness (QED) is 0.443. The van der Waals surface area contributed by atoms with Crippen LogP contribution in [0.4, 0.5) is 5.13 Å². The molecule has 1 unspecified atom stereocenters. The number of aromatic nitrogens is 2. The standard InChI is InChI=1S/C22H22N4O3S3/c1-13-4-3-11-26(12-13)32(28,29)16-7-5-15(6-8-16)21(27)25-22-24-18-10-9-17-19(20(18)31-22)30-14(2)23-17/h5-10,13H,3-4,11-12H2,1-2H3,(H,24,25,27). The van der Waals surface area contributed by atoms with Gasteiger partial charge in [0.15, 0.2) is 5.13 Å². The van der Waals surface area contributed by atoms with Crippen LogP contribution in [-0.2, 0) is 10.0 Å². The zero-order valence-corrected chi connectivity index (χ0v) is 20.1. The number of hydrogen-bond donors (Lipinski definition) is 1. The molecule has 1 atom stereocenters. The second kappa shape index (κ2) is 8.18. The van der Waals surface area contributed by atoms with E-state index >= 15 is 0 Å². The number of carbonyl (C=O) groups is 1. The first-order chi connectivity index (χ1) is 15.3. The normalized spacial score (nSPS) is 17.8. The summed E-state index contributed by atoms with van der Waals surface area (Å²) in [6, 6.07) is 9.96. The van der Waals surface area contributed by atoms with Crippen molar-refractivity contribution in [3.8, 4) is 0 Å².